The van der Waals surface area contributed by atoms with Crippen molar-refractivity contribution in [1.29, 1.82) is 0 Å². The zero-order valence-corrected chi connectivity index (χ0v) is 10.8. The van der Waals surface area contributed by atoms with Crippen molar-refractivity contribution in [2.45, 2.75) is 51.2 Å². The first kappa shape index (κ1) is 13.4. The van der Waals surface area contributed by atoms with E-state index in [-0.39, 0.29) is 11.1 Å². The Bertz CT molecular complexity index is 258. The van der Waals surface area contributed by atoms with Crippen LogP contribution in [0.4, 0.5) is 4.79 Å². The molecule has 1 rings (SSSR count). The minimum Gasteiger partial charge on any atom is -0.273 e. The van der Waals surface area contributed by atoms with Gasteiger partial charge in [0.05, 0.1) is 6.54 Å². The van der Waals surface area contributed by atoms with E-state index < -0.39 is 0 Å². The second kappa shape index (κ2) is 6.78. The summed E-state index contributed by atoms with van der Waals surface area (Å²) in [6, 6.07) is 0. The number of amides is 2. The molecule has 1 fully saturated rings. The predicted molar refractivity (Wildman–Crippen MR) is 66.1 cm³/mol. The second-order valence-corrected chi connectivity index (χ2v) is 5.30. The van der Waals surface area contributed by atoms with E-state index in [2.05, 4.69) is 12.3 Å². The second-order valence-electron chi connectivity index (χ2n) is 4.04. The summed E-state index contributed by atoms with van der Waals surface area (Å²) in [6.07, 6.45) is 4.62. The number of hydrazine groups is 1. The van der Waals surface area contributed by atoms with Gasteiger partial charge in [0.25, 0.3) is 5.24 Å². The smallest absolute Gasteiger partial charge is 0.273 e. The first-order valence-corrected chi connectivity index (χ1v) is 6.83. The van der Waals surface area contributed by atoms with Gasteiger partial charge >= 0.3 is 0 Å². The third-order valence-corrected chi connectivity index (χ3v) is 3.63. The number of nitrogens with zero attached hydrogens (tertiary/aromatic N) is 1. The number of nitrogens with one attached hydrogen (secondary N) is 1. The van der Waals surface area contributed by atoms with Gasteiger partial charge in [-0.25, -0.2) is 5.01 Å². The lowest BCUT2D eigenvalue weighted by Gasteiger charge is -2.16. The van der Waals surface area contributed by atoms with Crippen molar-refractivity contribution in [3.63, 3.8) is 0 Å². The fourth-order valence-electron chi connectivity index (χ4n) is 1.63. The van der Waals surface area contributed by atoms with Crippen molar-refractivity contribution in [3.8, 4) is 0 Å². The number of rotatable bonds is 6. The lowest BCUT2D eigenvalue weighted by molar-refractivity contribution is -0.124. The molecule has 1 unspecified atom stereocenters. The number of carbonyl (C=O) groups is 2. The van der Waals surface area contributed by atoms with Crippen molar-refractivity contribution in [2.75, 3.05) is 6.54 Å². The topological polar surface area (TPSA) is 49.4 Å². The first-order chi connectivity index (χ1) is 7.67. The Morgan fingerprint density at radius 2 is 2.25 bits per heavy atom. The van der Waals surface area contributed by atoms with Gasteiger partial charge in [0.15, 0.2) is 0 Å². The van der Waals surface area contributed by atoms with Crippen LogP contribution in [-0.4, -0.2) is 27.9 Å². The molecule has 4 nitrogen and oxygen atoms in total. The van der Waals surface area contributed by atoms with Gasteiger partial charge in [-0.1, -0.05) is 38.5 Å². The quantitative estimate of drug-likeness (QED) is 0.781. The summed E-state index contributed by atoms with van der Waals surface area (Å²) in [5.74, 6) is -0.0624. The fourth-order valence-corrected chi connectivity index (χ4v) is 2.67. The molecule has 1 heterocycles. The molecule has 0 bridgehead atoms. The standard InChI is InChI=1S/C11H20N2O2S/c1-3-5-7-9-8-13(11(15)16-9)12-10(14)6-4-2/h9H,3-8H2,1-2H3,(H,12,14). The van der Waals surface area contributed by atoms with E-state index in [0.29, 0.717) is 18.2 Å². The average Bonchev–Trinajstić information content (AvgIpc) is 2.57. The number of thioether (sulfide) groups is 1. The lowest BCUT2D eigenvalue weighted by Crippen LogP contribution is -2.42. The van der Waals surface area contributed by atoms with Crippen LogP contribution in [0.15, 0.2) is 0 Å². The van der Waals surface area contributed by atoms with Crippen LogP contribution >= 0.6 is 11.8 Å². The van der Waals surface area contributed by atoms with Gasteiger partial charge in [0.1, 0.15) is 0 Å². The molecular weight excluding hydrogens is 224 g/mol. The van der Waals surface area contributed by atoms with Gasteiger partial charge < -0.3 is 0 Å². The number of hydrogen-bond donors (Lipinski definition) is 1. The Morgan fingerprint density at radius 3 is 2.88 bits per heavy atom. The molecule has 5 heteroatoms. The molecule has 1 aliphatic rings. The van der Waals surface area contributed by atoms with Crippen LogP contribution in [0.25, 0.3) is 0 Å². The predicted octanol–water partition coefficient (Wildman–Crippen LogP) is 2.55. The zero-order valence-electron chi connectivity index (χ0n) is 9.99. The molecule has 1 N–H and O–H groups in total. The number of carbonyl (C=O) groups excluding carboxylic acids is 2. The largest absolute Gasteiger partial charge is 0.300 e. The summed E-state index contributed by atoms with van der Waals surface area (Å²) in [6.45, 7) is 4.74. The van der Waals surface area contributed by atoms with E-state index in [0.717, 1.165) is 25.7 Å². The van der Waals surface area contributed by atoms with Crippen LogP contribution in [-0.2, 0) is 4.79 Å². The number of hydrogen-bond acceptors (Lipinski definition) is 3. The van der Waals surface area contributed by atoms with Gasteiger partial charge in [-0.2, -0.15) is 0 Å². The van der Waals surface area contributed by atoms with Crippen LogP contribution in [0.2, 0.25) is 0 Å². The third-order valence-electron chi connectivity index (χ3n) is 2.49. The van der Waals surface area contributed by atoms with Crippen LogP contribution in [0, 0.1) is 0 Å². The van der Waals surface area contributed by atoms with Gasteiger partial charge in [0.2, 0.25) is 5.91 Å². The van der Waals surface area contributed by atoms with E-state index in [1.807, 2.05) is 6.92 Å². The highest BCUT2D eigenvalue weighted by atomic mass is 32.2. The van der Waals surface area contributed by atoms with Crippen molar-refractivity contribution in [1.82, 2.24) is 10.4 Å². The van der Waals surface area contributed by atoms with Crippen molar-refractivity contribution >= 4 is 22.9 Å². The van der Waals surface area contributed by atoms with E-state index in [4.69, 9.17) is 0 Å². The molecule has 0 spiro atoms. The molecule has 0 saturated carbocycles. The van der Waals surface area contributed by atoms with Crippen molar-refractivity contribution < 1.29 is 9.59 Å². The van der Waals surface area contributed by atoms with E-state index in [1.165, 1.54) is 16.8 Å². The van der Waals surface area contributed by atoms with E-state index >= 15 is 0 Å². The minimum atomic E-state index is -0.0624. The van der Waals surface area contributed by atoms with Crippen LogP contribution in [0.5, 0.6) is 0 Å². The normalized spacial score (nSPS) is 20.2. The summed E-state index contributed by atoms with van der Waals surface area (Å²) in [5, 5.41) is 1.78. The molecule has 1 saturated heterocycles. The van der Waals surface area contributed by atoms with Gasteiger partial charge in [-0.3, -0.25) is 15.0 Å². The molecule has 0 aromatic carbocycles. The van der Waals surface area contributed by atoms with E-state index in [1.54, 1.807) is 0 Å². The van der Waals surface area contributed by atoms with Crippen LogP contribution in [0.3, 0.4) is 0 Å². The minimum absolute atomic E-state index is 0.0226. The van der Waals surface area contributed by atoms with E-state index in [9.17, 15) is 9.59 Å². The summed E-state index contributed by atoms with van der Waals surface area (Å²) in [5.41, 5.74) is 2.66. The van der Waals surface area contributed by atoms with Gasteiger partial charge in [-0.05, 0) is 12.8 Å². The summed E-state index contributed by atoms with van der Waals surface area (Å²) in [7, 11) is 0. The Hall–Kier alpha value is -0.710. The highest BCUT2D eigenvalue weighted by Crippen LogP contribution is 2.27. The third kappa shape index (κ3) is 4.04. The molecule has 0 radical (unpaired) electrons. The summed E-state index contributed by atoms with van der Waals surface area (Å²) in [4.78, 5) is 22.9. The highest BCUT2D eigenvalue weighted by Gasteiger charge is 2.30. The molecule has 0 aromatic rings. The SMILES string of the molecule is CCCCC1CN(NC(=O)CCC)C(=O)S1. The van der Waals surface area contributed by atoms with Crippen LogP contribution < -0.4 is 5.43 Å². The highest BCUT2D eigenvalue weighted by molar-refractivity contribution is 8.14. The lowest BCUT2D eigenvalue weighted by atomic mass is 10.2. The van der Waals surface area contributed by atoms with Crippen LogP contribution in [0.1, 0.15) is 46.0 Å². The Kier molecular flexibility index (Phi) is 5.66. The maximum absolute atomic E-state index is 11.6. The van der Waals surface area contributed by atoms with Gasteiger partial charge in [0, 0.05) is 11.7 Å². The maximum atomic E-state index is 11.6. The van der Waals surface area contributed by atoms with Crippen molar-refractivity contribution in [3.05, 3.63) is 0 Å². The maximum Gasteiger partial charge on any atom is 0.300 e. The van der Waals surface area contributed by atoms with Gasteiger partial charge in [-0.15, -0.1) is 0 Å². The Morgan fingerprint density at radius 1 is 1.50 bits per heavy atom. The first-order valence-electron chi connectivity index (χ1n) is 5.95. The molecule has 0 aliphatic carbocycles. The number of unbranched alkanes of at least 4 members (excludes halogenated alkanes) is 1. The molecule has 92 valence electrons. The molecule has 1 aliphatic heterocycles. The Balaban J connectivity index is 2.33. The Labute approximate surface area is 101 Å². The molecule has 16 heavy (non-hydrogen) atoms. The average molecular weight is 244 g/mol. The molecule has 1 atom stereocenters. The molecule has 2 amide bonds. The molecule has 0 aromatic heterocycles. The summed E-state index contributed by atoms with van der Waals surface area (Å²) < 4.78 is 0. The fraction of sp³-hybridized carbons (Fsp3) is 0.818. The zero-order chi connectivity index (χ0) is 12.0. The monoisotopic (exact) mass is 244 g/mol. The summed E-state index contributed by atoms with van der Waals surface area (Å²) >= 11 is 1.35. The molecular formula is C11H20N2O2S. The van der Waals surface area contributed by atoms with Crippen molar-refractivity contribution in [2.24, 2.45) is 0 Å².